The average Bonchev–Trinajstić information content (AvgIpc) is 2.08. The standard InChI is InChI=1S/C9H15O2.U/c1-7(2)5-8-6-10-9(3,4)11-8;/h8H,1-2,5-6H2,3-4H3;/q-1;/t8-;/m1./s1. The van der Waals surface area contributed by atoms with Gasteiger partial charge in [0.15, 0.2) is 5.79 Å². The first-order chi connectivity index (χ1) is 4.99. The molecule has 0 amide bonds. The van der Waals surface area contributed by atoms with Crippen LogP contribution in [0.25, 0.3) is 0 Å². The maximum Gasteiger partial charge on any atom is 0.163 e. The van der Waals surface area contributed by atoms with Crippen molar-refractivity contribution in [1.29, 1.82) is 0 Å². The first-order valence-corrected chi connectivity index (χ1v) is 3.81. The fourth-order valence-electron chi connectivity index (χ4n) is 1.19. The molecule has 1 aliphatic heterocycles. The molecule has 3 heteroatoms. The van der Waals surface area contributed by atoms with Gasteiger partial charge in [0.1, 0.15) is 0 Å². The molecule has 0 aliphatic carbocycles. The van der Waals surface area contributed by atoms with Crippen LogP contribution in [0.5, 0.6) is 0 Å². The third-order valence-corrected chi connectivity index (χ3v) is 1.58. The zero-order valence-electron chi connectivity index (χ0n) is 7.72. The Kier molecular flexibility index (Phi) is 4.95. The van der Waals surface area contributed by atoms with Crippen molar-refractivity contribution >= 4 is 0 Å². The van der Waals surface area contributed by atoms with E-state index >= 15 is 0 Å². The van der Waals surface area contributed by atoms with E-state index in [2.05, 4.69) is 13.5 Å². The largest absolute Gasteiger partial charge is 0.348 e. The maximum absolute atomic E-state index is 5.54. The third kappa shape index (κ3) is 4.00. The minimum atomic E-state index is -0.417. The van der Waals surface area contributed by atoms with E-state index in [1.807, 2.05) is 13.8 Å². The van der Waals surface area contributed by atoms with Gasteiger partial charge in [0, 0.05) is 31.1 Å². The number of hydrogen-bond donors (Lipinski definition) is 0. The summed E-state index contributed by atoms with van der Waals surface area (Å²) in [5.41, 5.74) is 0.899. The van der Waals surface area contributed by atoms with Crippen LogP contribution >= 0.6 is 0 Å². The van der Waals surface area contributed by atoms with E-state index in [-0.39, 0.29) is 37.2 Å². The molecule has 0 unspecified atom stereocenters. The summed E-state index contributed by atoms with van der Waals surface area (Å²) in [7, 11) is 0. The molecule has 0 bridgehead atoms. The van der Waals surface area contributed by atoms with Crippen LogP contribution in [0.3, 0.4) is 0 Å². The second-order valence-electron chi connectivity index (χ2n) is 3.40. The molecule has 1 heterocycles. The summed E-state index contributed by atoms with van der Waals surface area (Å²) in [6, 6.07) is 0. The van der Waals surface area contributed by atoms with Gasteiger partial charge in [0.2, 0.25) is 0 Å². The van der Waals surface area contributed by atoms with Crippen molar-refractivity contribution < 1.29 is 40.6 Å². The Balaban J connectivity index is 0.00000121. The topological polar surface area (TPSA) is 18.5 Å². The van der Waals surface area contributed by atoms with Crippen molar-refractivity contribution in [2.75, 3.05) is 6.61 Å². The van der Waals surface area contributed by atoms with Crippen LogP contribution in [-0.4, -0.2) is 18.5 Å². The summed E-state index contributed by atoms with van der Waals surface area (Å²) < 4.78 is 10.9. The Morgan fingerprint density at radius 1 is 1.67 bits per heavy atom. The van der Waals surface area contributed by atoms with E-state index in [0.29, 0.717) is 6.61 Å². The minimum Gasteiger partial charge on any atom is -0.348 e. The van der Waals surface area contributed by atoms with E-state index in [4.69, 9.17) is 9.47 Å². The fourth-order valence-corrected chi connectivity index (χ4v) is 1.19. The zero-order chi connectivity index (χ0) is 8.48. The number of rotatable bonds is 2. The fraction of sp³-hybridized carbons (Fsp3) is 0.667. The smallest absolute Gasteiger partial charge is 0.163 e. The van der Waals surface area contributed by atoms with Gasteiger partial charge in [-0.1, -0.05) is 0 Å². The van der Waals surface area contributed by atoms with Gasteiger partial charge in [0.05, 0.1) is 12.7 Å². The van der Waals surface area contributed by atoms with Gasteiger partial charge in [-0.3, -0.25) is 0 Å². The molecule has 0 N–H and O–H groups in total. The van der Waals surface area contributed by atoms with Crippen LogP contribution in [0.2, 0.25) is 0 Å². The van der Waals surface area contributed by atoms with Gasteiger partial charge in [-0.25, -0.2) is 19.1 Å². The molecule has 1 fully saturated rings. The minimum absolute atomic E-state index is 0. The van der Waals surface area contributed by atoms with Gasteiger partial charge in [-0.2, -0.15) is 0 Å². The molecule has 68 valence electrons. The van der Waals surface area contributed by atoms with E-state index in [1.54, 1.807) is 0 Å². The van der Waals surface area contributed by atoms with E-state index in [0.717, 1.165) is 12.0 Å². The second-order valence-corrected chi connectivity index (χ2v) is 3.40. The molecule has 0 spiro atoms. The number of ether oxygens (including phenoxy) is 2. The van der Waals surface area contributed by atoms with Crippen LogP contribution in [0.1, 0.15) is 20.3 Å². The Bertz CT molecular complexity index is 166. The van der Waals surface area contributed by atoms with E-state index < -0.39 is 5.79 Å². The Hall–Kier alpha value is 0.582. The SMILES string of the molecule is C=C([CH2-])C[C@@H]1COC(C)(C)O1.[U]. The van der Waals surface area contributed by atoms with E-state index in [1.165, 1.54) is 0 Å². The first kappa shape index (κ1) is 12.6. The molecule has 1 aliphatic rings. The summed E-state index contributed by atoms with van der Waals surface area (Å²) in [6.07, 6.45) is 0.943. The summed E-state index contributed by atoms with van der Waals surface area (Å²) in [5.74, 6) is -0.417. The molecule has 0 aromatic rings. The number of hydrogen-bond acceptors (Lipinski definition) is 2. The van der Waals surface area contributed by atoms with Crippen molar-refractivity contribution in [2.45, 2.75) is 32.2 Å². The molecule has 1 rings (SSSR count). The molecular weight excluding hydrogens is 378 g/mol. The van der Waals surface area contributed by atoms with Crippen LogP contribution in [0.15, 0.2) is 12.2 Å². The third-order valence-electron chi connectivity index (χ3n) is 1.58. The van der Waals surface area contributed by atoms with Crippen LogP contribution < -0.4 is 0 Å². The normalized spacial score (nSPS) is 26.3. The summed E-state index contributed by atoms with van der Waals surface area (Å²) in [6.45, 7) is 11.9. The molecule has 1 atom stereocenters. The Morgan fingerprint density at radius 3 is 2.58 bits per heavy atom. The predicted molar refractivity (Wildman–Crippen MR) is 44.0 cm³/mol. The van der Waals surface area contributed by atoms with Gasteiger partial charge in [-0.15, -0.1) is 0 Å². The monoisotopic (exact) mass is 393 g/mol. The molecule has 2 nitrogen and oxygen atoms in total. The predicted octanol–water partition coefficient (Wildman–Crippen LogP) is 1.92. The van der Waals surface area contributed by atoms with Crippen molar-refractivity contribution in [3.63, 3.8) is 0 Å². The molecule has 0 aromatic heterocycles. The van der Waals surface area contributed by atoms with Gasteiger partial charge in [0.25, 0.3) is 0 Å². The summed E-state index contributed by atoms with van der Waals surface area (Å²) >= 11 is 0. The van der Waals surface area contributed by atoms with Gasteiger partial charge < -0.3 is 9.47 Å². The summed E-state index contributed by atoms with van der Waals surface area (Å²) in [4.78, 5) is 0. The second kappa shape index (κ2) is 4.72. The Labute approximate surface area is 98.1 Å². The molecule has 1 saturated heterocycles. The van der Waals surface area contributed by atoms with Crippen LogP contribution in [0.4, 0.5) is 0 Å². The van der Waals surface area contributed by atoms with Gasteiger partial charge >= 0.3 is 0 Å². The van der Waals surface area contributed by atoms with Crippen molar-refractivity contribution in [3.8, 4) is 0 Å². The van der Waals surface area contributed by atoms with E-state index in [9.17, 15) is 0 Å². The zero-order valence-corrected chi connectivity index (χ0v) is 11.9. The summed E-state index contributed by atoms with van der Waals surface area (Å²) in [5, 5.41) is 0. The average molecular weight is 393 g/mol. The molecular formula is C9H15O2U-. The maximum atomic E-state index is 5.54. The molecule has 0 aromatic carbocycles. The quantitative estimate of drug-likeness (QED) is 0.668. The molecule has 0 saturated carbocycles. The molecule has 12 heavy (non-hydrogen) atoms. The van der Waals surface area contributed by atoms with Crippen molar-refractivity contribution in [1.82, 2.24) is 0 Å². The molecule has 0 radical (unpaired) electrons. The van der Waals surface area contributed by atoms with Crippen molar-refractivity contribution in [3.05, 3.63) is 19.1 Å². The van der Waals surface area contributed by atoms with Crippen molar-refractivity contribution in [2.24, 2.45) is 0 Å². The van der Waals surface area contributed by atoms with Crippen LogP contribution in [0, 0.1) is 38.0 Å². The first-order valence-electron chi connectivity index (χ1n) is 3.81. The van der Waals surface area contributed by atoms with Gasteiger partial charge in [-0.05, 0) is 20.3 Å². The van der Waals surface area contributed by atoms with Crippen LogP contribution in [-0.2, 0) is 9.47 Å². The Morgan fingerprint density at radius 2 is 2.25 bits per heavy atom.